The molecule has 0 radical (unpaired) electrons. The number of pyridine rings is 1. The third kappa shape index (κ3) is 2.62. The Morgan fingerprint density at radius 2 is 1.95 bits per heavy atom. The van der Waals surface area contributed by atoms with Crippen LogP contribution in [-0.2, 0) is 6.54 Å². The molecular formula is C17H15FN2. The van der Waals surface area contributed by atoms with Crippen LogP contribution in [0.25, 0.3) is 10.9 Å². The monoisotopic (exact) mass is 266 g/mol. The van der Waals surface area contributed by atoms with E-state index in [4.69, 9.17) is 0 Å². The van der Waals surface area contributed by atoms with Crippen molar-refractivity contribution in [2.75, 3.05) is 5.32 Å². The van der Waals surface area contributed by atoms with E-state index in [-0.39, 0.29) is 5.82 Å². The van der Waals surface area contributed by atoms with Crippen LogP contribution in [0.3, 0.4) is 0 Å². The molecule has 1 N–H and O–H groups in total. The number of rotatable bonds is 3. The summed E-state index contributed by atoms with van der Waals surface area (Å²) in [6, 6.07) is 15.3. The molecule has 1 heterocycles. The van der Waals surface area contributed by atoms with Crippen LogP contribution in [0, 0.1) is 12.7 Å². The third-order valence-corrected chi connectivity index (χ3v) is 3.32. The topological polar surface area (TPSA) is 24.9 Å². The molecule has 0 aliphatic rings. The number of anilines is 1. The Hall–Kier alpha value is -2.42. The first kappa shape index (κ1) is 12.6. The molecule has 0 spiro atoms. The average molecular weight is 266 g/mol. The zero-order valence-corrected chi connectivity index (χ0v) is 11.2. The van der Waals surface area contributed by atoms with Crippen LogP contribution in [0.15, 0.2) is 54.7 Å². The first-order valence-corrected chi connectivity index (χ1v) is 6.56. The van der Waals surface area contributed by atoms with Gasteiger partial charge in [0.2, 0.25) is 0 Å². The molecule has 3 aromatic rings. The third-order valence-electron chi connectivity index (χ3n) is 3.32. The summed E-state index contributed by atoms with van der Waals surface area (Å²) in [5.74, 6) is -0.166. The lowest BCUT2D eigenvalue weighted by molar-refractivity contribution is 0.616. The standard InChI is InChI=1S/C17H15FN2/c1-12-6-7-13(8-16(12)18)10-19-15-9-14-4-2-3-5-17(14)20-11-15/h2-9,11,19H,10H2,1H3. The average Bonchev–Trinajstić information content (AvgIpc) is 2.48. The molecule has 0 bridgehead atoms. The lowest BCUT2D eigenvalue weighted by atomic mass is 10.1. The highest BCUT2D eigenvalue weighted by Crippen LogP contribution is 2.17. The molecule has 100 valence electrons. The van der Waals surface area contributed by atoms with Crippen molar-refractivity contribution in [2.45, 2.75) is 13.5 Å². The van der Waals surface area contributed by atoms with Crippen LogP contribution in [0.2, 0.25) is 0 Å². The van der Waals surface area contributed by atoms with Crippen LogP contribution in [0.1, 0.15) is 11.1 Å². The van der Waals surface area contributed by atoms with Crippen molar-refractivity contribution in [1.82, 2.24) is 4.98 Å². The van der Waals surface area contributed by atoms with Gasteiger partial charge < -0.3 is 5.32 Å². The fourth-order valence-electron chi connectivity index (χ4n) is 2.12. The molecule has 3 rings (SSSR count). The van der Waals surface area contributed by atoms with Crippen molar-refractivity contribution in [3.8, 4) is 0 Å². The summed E-state index contributed by atoms with van der Waals surface area (Å²) in [6.07, 6.45) is 1.80. The van der Waals surface area contributed by atoms with Gasteiger partial charge >= 0.3 is 0 Å². The van der Waals surface area contributed by atoms with Gasteiger partial charge in [-0.2, -0.15) is 0 Å². The Balaban J connectivity index is 1.77. The van der Waals surface area contributed by atoms with Gasteiger partial charge in [0.05, 0.1) is 17.4 Å². The molecule has 0 saturated carbocycles. The Labute approximate surface area is 117 Å². The molecule has 0 atom stereocenters. The predicted octanol–water partition coefficient (Wildman–Crippen LogP) is 4.29. The number of hydrogen-bond acceptors (Lipinski definition) is 2. The molecule has 2 aromatic carbocycles. The Kier molecular flexibility index (Phi) is 3.33. The van der Waals surface area contributed by atoms with E-state index < -0.39 is 0 Å². The van der Waals surface area contributed by atoms with Gasteiger partial charge in [0.1, 0.15) is 5.82 Å². The van der Waals surface area contributed by atoms with E-state index >= 15 is 0 Å². The highest BCUT2D eigenvalue weighted by molar-refractivity contribution is 5.81. The normalized spacial score (nSPS) is 10.7. The smallest absolute Gasteiger partial charge is 0.126 e. The molecule has 20 heavy (non-hydrogen) atoms. The van der Waals surface area contributed by atoms with Crippen molar-refractivity contribution in [3.63, 3.8) is 0 Å². The van der Waals surface area contributed by atoms with E-state index in [1.54, 1.807) is 25.3 Å². The minimum Gasteiger partial charge on any atom is -0.380 e. The van der Waals surface area contributed by atoms with Gasteiger partial charge in [0.25, 0.3) is 0 Å². The van der Waals surface area contributed by atoms with Gasteiger partial charge in [0, 0.05) is 11.9 Å². The second-order valence-electron chi connectivity index (χ2n) is 4.85. The first-order chi connectivity index (χ1) is 9.72. The largest absolute Gasteiger partial charge is 0.380 e. The summed E-state index contributed by atoms with van der Waals surface area (Å²) in [4.78, 5) is 4.39. The van der Waals surface area contributed by atoms with E-state index in [0.717, 1.165) is 22.2 Å². The molecule has 0 saturated heterocycles. The molecular weight excluding hydrogens is 251 g/mol. The maximum atomic E-state index is 13.5. The predicted molar refractivity (Wildman–Crippen MR) is 80.2 cm³/mol. The number of aromatic nitrogens is 1. The molecule has 0 amide bonds. The van der Waals surface area contributed by atoms with Crippen LogP contribution in [0.5, 0.6) is 0 Å². The Morgan fingerprint density at radius 1 is 1.10 bits per heavy atom. The number of benzene rings is 2. The number of nitrogens with one attached hydrogen (secondary N) is 1. The summed E-state index contributed by atoms with van der Waals surface area (Å²) in [5.41, 5.74) is 3.49. The van der Waals surface area contributed by atoms with Crippen molar-refractivity contribution in [3.05, 3.63) is 71.7 Å². The molecule has 1 aromatic heterocycles. The van der Waals surface area contributed by atoms with E-state index in [1.807, 2.05) is 36.4 Å². The van der Waals surface area contributed by atoms with Crippen molar-refractivity contribution < 1.29 is 4.39 Å². The van der Waals surface area contributed by atoms with E-state index in [9.17, 15) is 4.39 Å². The highest BCUT2D eigenvalue weighted by atomic mass is 19.1. The Morgan fingerprint density at radius 3 is 2.80 bits per heavy atom. The molecule has 0 fully saturated rings. The zero-order valence-electron chi connectivity index (χ0n) is 11.2. The van der Waals surface area contributed by atoms with Gasteiger partial charge in [-0.05, 0) is 36.2 Å². The van der Waals surface area contributed by atoms with Crippen molar-refractivity contribution in [2.24, 2.45) is 0 Å². The zero-order chi connectivity index (χ0) is 13.9. The van der Waals surface area contributed by atoms with Crippen molar-refractivity contribution in [1.29, 1.82) is 0 Å². The van der Waals surface area contributed by atoms with Crippen LogP contribution >= 0.6 is 0 Å². The number of aryl methyl sites for hydroxylation is 1. The number of hydrogen-bond donors (Lipinski definition) is 1. The van der Waals surface area contributed by atoms with Gasteiger partial charge in [-0.15, -0.1) is 0 Å². The lowest BCUT2D eigenvalue weighted by Crippen LogP contribution is -2.00. The molecule has 0 aliphatic carbocycles. The second kappa shape index (κ2) is 5.29. The van der Waals surface area contributed by atoms with E-state index in [1.165, 1.54) is 0 Å². The number of para-hydroxylation sites is 1. The molecule has 2 nitrogen and oxygen atoms in total. The summed E-state index contributed by atoms with van der Waals surface area (Å²) in [6.45, 7) is 2.34. The second-order valence-corrected chi connectivity index (χ2v) is 4.85. The number of nitrogens with zero attached hydrogens (tertiary/aromatic N) is 1. The maximum absolute atomic E-state index is 13.5. The summed E-state index contributed by atoms with van der Waals surface area (Å²) >= 11 is 0. The number of halogens is 1. The number of fused-ring (bicyclic) bond motifs is 1. The summed E-state index contributed by atoms with van der Waals surface area (Å²) in [7, 11) is 0. The van der Waals surface area contributed by atoms with Gasteiger partial charge in [-0.1, -0.05) is 30.3 Å². The summed E-state index contributed by atoms with van der Waals surface area (Å²) in [5, 5.41) is 4.36. The molecule has 0 aliphatic heterocycles. The van der Waals surface area contributed by atoms with Crippen LogP contribution in [0.4, 0.5) is 10.1 Å². The SMILES string of the molecule is Cc1ccc(CNc2cnc3ccccc3c2)cc1F. The highest BCUT2D eigenvalue weighted by Gasteiger charge is 2.01. The molecule has 0 unspecified atom stereocenters. The van der Waals surface area contributed by atoms with Crippen LogP contribution in [-0.4, -0.2) is 4.98 Å². The fourth-order valence-corrected chi connectivity index (χ4v) is 2.12. The van der Waals surface area contributed by atoms with Gasteiger partial charge in [-0.3, -0.25) is 4.98 Å². The fraction of sp³-hybridized carbons (Fsp3) is 0.118. The van der Waals surface area contributed by atoms with Crippen LogP contribution < -0.4 is 5.32 Å². The minimum atomic E-state index is -0.166. The first-order valence-electron chi connectivity index (χ1n) is 6.56. The van der Waals surface area contributed by atoms with E-state index in [0.29, 0.717) is 12.1 Å². The minimum absolute atomic E-state index is 0.166. The molecule has 3 heteroatoms. The van der Waals surface area contributed by atoms with E-state index in [2.05, 4.69) is 10.3 Å². The van der Waals surface area contributed by atoms with Crippen molar-refractivity contribution >= 4 is 16.6 Å². The van der Waals surface area contributed by atoms with Gasteiger partial charge in [-0.25, -0.2) is 4.39 Å². The van der Waals surface area contributed by atoms with Gasteiger partial charge in [0.15, 0.2) is 0 Å². The quantitative estimate of drug-likeness (QED) is 0.764. The summed E-state index contributed by atoms with van der Waals surface area (Å²) < 4.78 is 13.5. The Bertz CT molecular complexity index is 753. The lowest BCUT2D eigenvalue weighted by Gasteiger charge is -2.08. The maximum Gasteiger partial charge on any atom is 0.126 e.